The van der Waals surface area contributed by atoms with Gasteiger partial charge in [-0.15, -0.1) is 0 Å². The molecule has 0 radical (unpaired) electrons. The van der Waals surface area contributed by atoms with Gasteiger partial charge in [-0.2, -0.15) is 0 Å². The molecule has 2 heteroatoms. The molecule has 1 aliphatic rings. The Morgan fingerprint density at radius 2 is 1.94 bits per heavy atom. The fraction of sp³-hybridized carbons (Fsp3) is 0.625. The van der Waals surface area contributed by atoms with E-state index in [4.69, 9.17) is 5.73 Å². The maximum atomic E-state index is 6.07. The van der Waals surface area contributed by atoms with Gasteiger partial charge in [-0.05, 0) is 62.4 Å². The third-order valence-corrected chi connectivity index (χ3v) is 4.03. The maximum absolute atomic E-state index is 6.07. The van der Waals surface area contributed by atoms with Crippen molar-refractivity contribution in [2.24, 2.45) is 0 Å². The minimum atomic E-state index is 0.721. The van der Waals surface area contributed by atoms with Crippen molar-refractivity contribution in [3.63, 3.8) is 0 Å². The van der Waals surface area contributed by atoms with Crippen molar-refractivity contribution >= 4 is 5.69 Å². The lowest BCUT2D eigenvalue weighted by atomic mass is 9.86. The molecule has 1 aliphatic carbocycles. The van der Waals surface area contributed by atoms with E-state index < -0.39 is 0 Å². The first-order valence-electron chi connectivity index (χ1n) is 7.36. The third kappa shape index (κ3) is 2.86. The van der Waals surface area contributed by atoms with Gasteiger partial charge in [-0.25, -0.2) is 0 Å². The lowest BCUT2D eigenvalue weighted by molar-refractivity contribution is 0.180. The first kappa shape index (κ1) is 13.4. The molecule has 2 rings (SSSR count). The van der Waals surface area contributed by atoms with Gasteiger partial charge in [0.15, 0.2) is 0 Å². The van der Waals surface area contributed by atoms with Gasteiger partial charge in [0.2, 0.25) is 0 Å². The van der Waals surface area contributed by atoms with E-state index in [9.17, 15) is 0 Å². The zero-order chi connectivity index (χ0) is 13.0. The minimum absolute atomic E-state index is 0.721. The standard InChI is InChI=1S/C16H26N2/c1-3-10-18(11-4-2)14-8-9-15-13(12-14)6-5-7-16(15)17/h5-7,14H,3-4,8-12,17H2,1-2H3. The summed E-state index contributed by atoms with van der Waals surface area (Å²) in [6.45, 7) is 7.02. The van der Waals surface area contributed by atoms with Gasteiger partial charge in [0.25, 0.3) is 0 Å². The third-order valence-electron chi connectivity index (χ3n) is 4.03. The molecule has 0 bridgehead atoms. The fourth-order valence-electron chi connectivity index (χ4n) is 3.18. The molecule has 1 aromatic rings. The number of rotatable bonds is 5. The van der Waals surface area contributed by atoms with Crippen LogP contribution in [0.4, 0.5) is 5.69 Å². The molecule has 0 fully saturated rings. The molecule has 0 saturated carbocycles. The van der Waals surface area contributed by atoms with E-state index in [0.717, 1.165) is 18.2 Å². The second-order valence-electron chi connectivity index (χ2n) is 5.42. The molecule has 2 N–H and O–H groups in total. The summed E-state index contributed by atoms with van der Waals surface area (Å²) in [7, 11) is 0. The van der Waals surface area contributed by atoms with Crippen LogP contribution in [-0.4, -0.2) is 24.0 Å². The van der Waals surface area contributed by atoms with Crippen LogP contribution < -0.4 is 5.73 Å². The molecule has 1 atom stereocenters. The highest BCUT2D eigenvalue weighted by molar-refractivity contribution is 5.52. The Hall–Kier alpha value is -1.02. The van der Waals surface area contributed by atoms with E-state index in [0.29, 0.717) is 0 Å². The number of nitrogens with two attached hydrogens (primary N) is 1. The maximum Gasteiger partial charge on any atom is 0.0349 e. The fourth-order valence-corrected chi connectivity index (χ4v) is 3.18. The normalized spacial score (nSPS) is 18.9. The molecule has 0 amide bonds. The quantitative estimate of drug-likeness (QED) is 0.808. The number of benzene rings is 1. The lowest BCUT2D eigenvalue weighted by Gasteiger charge is -2.35. The molecule has 0 aliphatic heterocycles. The molecular weight excluding hydrogens is 220 g/mol. The van der Waals surface area contributed by atoms with E-state index in [1.165, 1.54) is 49.9 Å². The predicted octanol–water partition coefficient (Wildman–Crippen LogP) is 3.25. The van der Waals surface area contributed by atoms with Crippen LogP contribution in [0.25, 0.3) is 0 Å². The Morgan fingerprint density at radius 1 is 1.22 bits per heavy atom. The van der Waals surface area contributed by atoms with Crippen molar-refractivity contribution in [2.75, 3.05) is 18.8 Å². The summed E-state index contributed by atoms with van der Waals surface area (Å²) in [6.07, 6.45) is 6.10. The Bertz CT molecular complexity index is 381. The van der Waals surface area contributed by atoms with Crippen molar-refractivity contribution in [1.82, 2.24) is 4.90 Å². The van der Waals surface area contributed by atoms with Crippen LogP contribution in [0.5, 0.6) is 0 Å². The van der Waals surface area contributed by atoms with Gasteiger partial charge in [-0.1, -0.05) is 26.0 Å². The van der Waals surface area contributed by atoms with Crippen LogP contribution in [0.2, 0.25) is 0 Å². The molecule has 2 nitrogen and oxygen atoms in total. The second kappa shape index (κ2) is 6.24. The van der Waals surface area contributed by atoms with Crippen LogP contribution in [0, 0.1) is 0 Å². The number of nitrogen functional groups attached to an aromatic ring is 1. The molecule has 0 spiro atoms. The summed E-state index contributed by atoms with van der Waals surface area (Å²) >= 11 is 0. The van der Waals surface area contributed by atoms with Gasteiger partial charge in [-0.3, -0.25) is 0 Å². The van der Waals surface area contributed by atoms with E-state index in [1.807, 2.05) is 6.07 Å². The molecule has 0 heterocycles. The average molecular weight is 246 g/mol. The summed E-state index contributed by atoms with van der Waals surface area (Å²) in [5.74, 6) is 0. The van der Waals surface area contributed by atoms with Crippen molar-refractivity contribution < 1.29 is 0 Å². The Balaban J connectivity index is 2.10. The van der Waals surface area contributed by atoms with E-state index in [-0.39, 0.29) is 0 Å². The van der Waals surface area contributed by atoms with Crippen molar-refractivity contribution in [1.29, 1.82) is 0 Å². The van der Waals surface area contributed by atoms with Gasteiger partial charge in [0.1, 0.15) is 0 Å². The largest absolute Gasteiger partial charge is 0.398 e. The summed E-state index contributed by atoms with van der Waals surface area (Å²) in [5.41, 5.74) is 9.94. The molecule has 18 heavy (non-hydrogen) atoms. The topological polar surface area (TPSA) is 29.3 Å². The highest BCUT2D eigenvalue weighted by Crippen LogP contribution is 2.28. The van der Waals surface area contributed by atoms with Crippen molar-refractivity contribution in [3.05, 3.63) is 29.3 Å². The highest BCUT2D eigenvalue weighted by Gasteiger charge is 2.24. The van der Waals surface area contributed by atoms with E-state index in [1.54, 1.807) is 0 Å². The van der Waals surface area contributed by atoms with Crippen LogP contribution >= 0.6 is 0 Å². The lowest BCUT2D eigenvalue weighted by Crippen LogP contribution is -2.40. The van der Waals surface area contributed by atoms with Crippen molar-refractivity contribution in [2.45, 2.75) is 52.0 Å². The molecular formula is C16H26N2. The van der Waals surface area contributed by atoms with E-state index >= 15 is 0 Å². The number of hydrogen-bond donors (Lipinski definition) is 1. The van der Waals surface area contributed by atoms with Gasteiger partial charge >= 0.3 is 0 Å². The second-order valence-corrected chi connectivity index (χ2v) is 5.42. The van der Waals surface area contributed by atoms with E-state index in [2.05, 4.69) is 30.9 Å². The zero-order valence-electron chi connectivity index (χ0n) is 11.8. The Labute approximate surface area is 111 Å². The van der Waals surface area contributed by atoms with Gasteiger partial charge in [0.05, 0.1) is 0 Å². The van der Waals surface area contributed by atoms with Gasteiger partial charge < -0.3 is 10.6 Å². The highest BCUT2D eigenvalue weighted by atomic mass is 15.1. The first-order valence-corrected chi connectivity index (χ1v) is 7.36. The smallest absolute Gasteiger partial charge is 0.0349 e. The number of fused-ring (bicyclic) bond motifs is 1. The Kier molecular flexibility index (Phi) is 4.65. The van der Waals surface area contributed by atoms with Gasteiger partial charge in [0, 0.05) is 11.7 Å². The minimum Gasteiger partial charge on any atom is -0.398 e. The molecule has 0 saturated heterocycles. The zero-order valence-corrected chi connectivity index (χ0v) is 11.8. The molecule has 1 unspecified atom stereocenters. The SMILES string of the molecule is CCCN(CCC)C1CCc2c(N)cccc2C1. The Morgan fingerprint density at radius 3 is 2.61 bits per heavy atom. The van der Waals surface area contributed by atoms with Crippen LogP contribution in [0.15, 0.2) is 18.2 Å². The predicted molar refractivity (Wildman–Crippen MR) is 78.8 cm³/mol. The summed E-state index contributed by atoms with van der Waals surface area (Å²) in [6, 6.07) is 7.11. The summed E-state index contributed by atoms with van der Waals surface area (Å²) in [4.78, 5) is 2.67. The molecule has 100 valence electrons. The van der Waals surface area contributed by atoms with Crippen LogP contribution in [0.3, 0.4) is 0 Å². The summed E-state index contributed by atoms with van der Waals surface area (Å²) < 4.78 is 0. The molecule has 0 aromatic heterocycles. The number of nitrogens with zero attached hydrogens (tertiary/aromatic N) is 1. The van der Waals surface area contributed by atoms with Crippen LogP contribution in [-0.2, 0) is 12.8 Å². The summed E-state index contributed by atoms with van der Waals surface area (Å²) in [5, 5.41) is 0. The van der Waals surface area contributed by atoms with Crippen molar-refractivity contribution in [3.8, 4) is 0 Å². The van der Waals surface area contributed by atoms with Crippen LogP contribution in [0.1, 0.15) is 44.2 Å². The number of anilines is 1. The average Bonchev–Trinajstić information content (AvgIpc) is 2.38. The first-order chi connectivity index (χ1) is 8.76. The number of hydrogen-bond acceptors (Lipinski definition) is 2. The monoisotopic (exact) mass is 246 g/mol. The molecule has 1 aromatic carbocycles.